The van der Waals surface area contributed by atoms with Crippen LogP contribution in [0.3, 0.4) is 0 Å². The van der Waals surface area contributed by atoms with Gasteiger partial charge in [0.15, 0.2) is 0 Å². The molecule has 2 aromatic rings. The average molecular weight is 393 g/mol. The second-order valence-corrected chi connectivity index (χ2v) is 6.75. The lowest BCUT2D eigenvalue weighted by molar-refractivity contribution is -0.137. The predicted molar refractivity (Wildman–Crippen MR) is 98.2 cm³/mol. The number of hydrogen-bond acceptors (Lipinski definition) is 3. The van der Waals surface area contributed by atoms with E-state index in [0.29, 0.717) is 30.0 Å². The molecular weight excluding hydrogens is 371 g/mol. The Balaban J connectivity index is 1.55. The van der Waals surface area contributed by atoms with E-state index in [1.54, 1.807) is 36.3 Å². The van der Waals surface area contributed by atoms with Crippen molar-refractivity contribution in [3.05, 3.63) is 65.2 Å². The van der Waals surface area contributed by atoms with Crippen LogP contribution in [0.25, 0.3) is 0 Å². The van der Waals surface area contributed by atoms with Gasteiger partial charge < -0.3 is 14.4 Å². The number of hydrogen-bond donors (Lipinski definition) is 0. The average Bonchev–Trinajstić information content (AvgIpc) is 2.71. The van der Waals surface area contributed by atoms with Crippen LogP contribution in [0.1, 0.15) is 34.3 Å². The number of piperidine rings is 1. The molecule has 0 radical (unpaired) electrons. The highest BCUT2D eigenvalue weighted by atomic mass is 19.4. The lowest BCUT2D eigenvalue weighted by atomic mass is 10.1. The largest absolute Gasteiger partial charge is 0.497 e. The maximum absolute atomic E-state index is 12.7. The summed E-state index contributed by atoms with van der Waals surface area (Å²) in [4.78, 5) is 14.4. The Morgan fingerprint density at radius 3 is 2.39 bits per heavy atom. The SMILES string of the molecule is COc1ccc(C(=O)N2CCCC(OCc3ccc(C(F)(F)F)cc3)C2)cc1. The Morgan fingerprint density at radius 2 is 1.79 bits per heavy atom. The molecule has 0 saturated carbocycles. The minimum absolute atomic E-state index is 0.0644. The fraction of sp³-hybridized carbons (Fsp3) is 0.381. The summed E-state index contributed by atoms with van der Waals surface area (Å²) < 4.78 is 48.8. The fourth-order valence-corrected chi connectivity index (χ4v) is 3.18. The van der Waals surface area contributed by atoms with Gasteiger partial charge in [-0.2, -0.15) is 13.2 Å². The molecule has 1 saturated heterocycles. The van der Waals surface area contributed by atoms with Gasteiger partial charge >= 0.3 is 6.18 Å². The third kappa shape index (κ3) is 5.04. The highest BCUT2D eigenvalue weighted by Crippen LogP contribution is 2.29. The first-order valence-electron chi connectivity index (χ1n) is 9.08. The molecule has 4 nitrogen and oxygen atoms in total. The first-order valence-corrected chi connectivity index (χ1v) is 9.08. The molecule has 0 aromatic heterocycles. The molecule has 1 aliphatic heterocycles. The molecule has 2 aromatic carbocycles. The second-order valence-electron chi connectivity index (χ2n) is 6.75. The van der Waals surface area contributed by atoms with Crippen LogP contribution < -0.4 is 4.74 Å². The minimum atomic E-state index is -4.34. The van der Waals surface area contributed by atoms with Crippen molar-refractivity contribution < 1.29 is 27.4 Å². The van der Waals surface area contributed by atoms with Crippen LogP contribution in [-0.2, 0) is 17.5 Å². The van der Waals surface area contributed by atoms with E-state index in [1.165, 1.54) is 12.1 Å². The molecule has 28 heavy (non-hydrogen) atoms. The fourth-order valence-electron chi connectivity index (χ4n) is 3.18. The normalized spacial score (nSPS) is 17.4. The Labute approximate surface area is 161 Å². The number of amides is 1. The molecule has 7 heteroatoms. The monoisotopic (exact) mass is 393 g/mol. The number of methoxy groups -OCH3 is 1. The van der Waals surface area contributed by atoms with Gasteiger partial charge in [0.25, 0.3) is 5.91 Å². The molecule has 0 bridgehead atoms. The number of likely N-dealkylation sites (tertiary alicyclic amines) is 1. The molecule has 1 unspecified atom stereocenters. The molecule has 0 N–H and O–H groups in total. The van der Waals surface area contributed by atoms with Crippen LogP contribution in [0.4, 0.5) is 13.2 Å². The van der Waals surface area contributed by atoms with E-state index in [1.807, 2.05) is 0 Å². The van der Waals surface area contributed by atoms with Crippen molar-refractivity contribution in [1.82, 2.24) is 4.90 Å². The molecule has 0 spiro atoms. The number of benzene rings is 2. The highest BCUT2D eigenvalue weighted by molar-refractivity contribution is 5.94. The summed E-state index contributed by atoms with van der Waals surface area (Å²) in [5.74, 6) is 0.624. The zero-order valence-corrected chi connectivity index (χ0v) is 15.5. The standard InChI is InChI=1S/C21H22F3NO3/c1-27-18-10-6-16(7-11-18)20(26)25-12-2-3-19(13-25)28-14-15-4-8-17(9-5-15)21(22,23)24/h4-11,19H,2-3,12-14H2,1H3. The summed E-state index contributed by atoms with van der Waals surface area (Å²) in [5, 5.41) is 0. The molecule has 0 aliphatic carbocycles. The zero-order chi connectivity index (χ0) is 20.1. The third-order valence-corrected chi connectivity index (χ3v) is 4.77. The summed E-state index contributed by atoms with van der Waals surface area (Å²) in [6.07, 6.45) is -2.85. The lowest BCUT2D eigenvalue weighted by Gasteiger charge is -2.32. The number of ether oxygens (including phenoxy) is 2. The van der Waals surface area contributed by atoms with Crippen LogP contribution >= 0.6 is 0 Å². The van der Waals surface area contributed by atoms with Crippen LogP contribution in [0.15, 0.2) is 48.5 Å². The number of carbonyl (C=O) groups excluding carboxylic acids is 1. The van der Waals surface area contributed by atoms with E-state index in [2.05, 4.69) is 0 Å². The number of halogens is 3. The van der Waals surface area contributed by atoms with Gasteiger partial charge in [0, 0.05) is 18.7 Å². The van der Waals surface area contributed by atoms with E-state index < -0.39 is 11.7 Å². The van der Waals surface area contributed by atoms with Crippen molar-refractivity contribution in [3.8, 4) is 5.75 Å². The Bertz CT molecular complexity index is 788. The molecule has 1 amide bonds. The molecule has 3 rings (SSSR count). The lowest BCUT2D eigenvalue weighted by Crippen LogP contribution is -2.43. The summed E-state index contributed by atoms with van der Waals surface area (Å²) in [6.45, 7) is 1.34. The maximum Gasteiger partial charge on any atom is 0.416 e. The van der Waals surface area contributed by atoms with Gasteiger partial charge in [0.2, 0.25) is 0 Å². The maximum atomic E-state index is 12.7. The van der Waals surface area contributed by atoms with Crippen molar-refractivity contribution in [2.45, 2.75) is 31.7 Å². The van der Waals surface area contributed by atoms with Gasteiger partial charge in [0.1, 0.15) is 5.75 Å². The summed E-state index contributed by atoms with van der Waals surface area (Å²) in [5.41, 5.74) is 0.584. The van der Waals surface area contributed by atoms with E-state index in [9.17, 15) is 18.0 Å². The molecule has 1 atom stereocenters. The molecule has 1 aliphatic rings. The van der Waals surface area contributed by atoms with Crippen molar-refractivity contribution in [3.63, 3.8) is 0 Å². The summed E-state index contributed by atoms with van der Waals surface area (Å²) in [7, 11) is 1.57. The number of nitrogens with zero attached hydrogens (tertiary/aromatic N) is 1. The minimum Gasteiger partial charge on any atom is -0.497 e. The third-order valence-electron chi connectivity index (χ3n) is 4.77. The van der Waals surface area contributed by atoms with Gasteiger partial charge in [-0.15, -0.1) is 0 Å². The number of rotatable bonds is 5. The van der Waals surface area contributed by atoms with Gasteiger partial charge in [-0.1, -0.05) is 12.1 Å². The Kier molecular flexibility index (Phi) is 6.24. The smallest absolute Gasteiger partial charge is 0.416 e. The van der Waals surface area contributed by atoms with E-state index in [-0.39, 0.29) is 18.6 Å². The van der Waals surface area contributed by atoms with Gasteiger partial charge in [-0.25, -0.2) is 0 Å². The van der Waals surface area contributed by atoms with Crippen molar-refractivity contribution in [2.24, 2.45) is 0 Å². The topological polar surface area (TPSA) is 38.8 Å². The van der Waals surface area contributed by atoms with Crippen molar-refractivity contribution in [1.29, 1.82) is 0 Å². The van der Waals surface area contributed by atoms with Crippen molar-refractivity contribution >= 4 is 5.91 Å². The van der Waals surface area contributed by atoms with Crippen LogP contribution in [0.5, 0.6) is 5.75 Å². The summed E-state index contributed by atoms with van der Waals surface area (Å²) in [6, 6.07) is 11.9. The van der Waals surface area contributed by atoms with Gasteiger partial charge in [-0.05, 0) is 54.8 Å². The molecule has 1 fully saturated rings. The van der Waals surface area contributed by atoms with Crippen LogP contribution in [0, 0.1) is 0 Å². The van der Waals surface area contributed by atoms with E-state index >= 15 is 0 Å². The second kappa shape index (κ2) is 8.65. The van der Waals surface area contributed by atoms with E-state index in [4.69, 9.17) is 9.47 Å². The van der Waals surface area contributed by atoms with Gasteiger partial charge in [-0.3, -0.25) is 4.79 Å². The first kappa shape index (κ1) is 20.2. The van der Waals surface area contributed by atoms with Gasteiger partial charge in [0.05, 0.1) is 25.4 Å². The van der Waals surface area contributed by atoms with Crippen LogP contribution in [0.2, 0.25) is 0 Å². The first-order chi connectivity index (χ1) is 13.4. The summed E-state index contributed by atoms with van der Waals surface area (Å²) >= 11 is 0. The number of alkyl halides is 3. The van der Waals surface area contributed by atoms with Crippen molar-refractivity contribution in [2.75, 3.05) is 20.2 Å². The van der Waals surface area contributed by atoms with E-state index in [0.717, 1.165) is 25.0 Å². The Hall–Kier alpha value is -2.54. The quantitative estimate of drug-likeness (QED) is 0.749. The molecule has 150 valence electrons. The zero-order valence-electron chi connectivity index (χ0n) is 15.5. The highest BCUT2D eigenvalue weighted by Gasteiger charge is 2.30. The van der Waals surface area contributed by atoms with Crippen LogP contribution in [-0.4, -0.2) is 37.1 Å². The predicted octanol–water partition coefficient (Wildman–Crippen LogP) is 4.54. The number of carbonyl (C=O) groups is 1. The molecule has 1 heterocycles. The Morgan fingerprint density at radius 1 is 1.11 bits per heavy atom. The molecular formula is C21H22F3NO3.